The maximum absolute atomic E-state index is 11.6. The molecule has 0 amide bonds. The normalized spacial score (nSPS) is 10.9. The minimum atomic E-state index is -0.535. The fraction of sp³-hybridized carbons (Fsp3) is 0.100. The summed E-state index contributed by atoms with van der Waals surface area (Å²) in [6, 6.07) is 21.3. The molecule has 0 bridgehead atoms. The Kier molecular flexibility index (Phi) is 5.20. The third-order valence-electron chi connectivity index (χ3n) is 4.09. The van der Waals surface area contributed by atoms with Crippen molar-refractivity contribution in [2.75, 3.05) is 0 Å². The molecule has 140 valence electrons. The number of rotatable bonds is 6. The van der Waals surface area contributed by atoms with Crippen LogP contribution in [0.4, 0.5) is 0 Å². The largest absolute Gasteiger partial charge is 0.325 e. The van der Waals surface area contributed by atoms with E-state index in [1.54, 1.807) is 11.8 Å². The van der Waals surface area contributed by atoms with E-state index in [9.17, 15) is 9.59 Å². The Labute approximate surface area is 164 Å². The van der Waals surface area contributed by atoms with Crippen LogP contribution in [0.25, 0.3) is 5.69 Å². The Bertz CT molecular complexity index is 1150. The number of benzene rings is 2. The molecule has 0 radical (unpaired) electrons. The first kappa shape index (κ1) is 18.0. The van der Waals surface area contributed by atoms with Gasteiger partial charge in [-0.2, -0.15) is 0 Å². The lowest BCUT2D eigenvalue weighted by Crippen LogP contribution is -2.23. The van der Waals surface area contributed by atoms with Crippen molar-refractivity contribution in [2.24, 2.45) is 0 Å². The number of aromatic amines is 2. The summed E-state index contributed by atoms with van der Waals surface area (Å²) in [5.74, 6) is 1.40. The van der Waals surface area contributed by atoms with Crippen molar-refractivity contribution in [1.29, 1.82) is 0 Å². The number of hydrogen-bond donors (Lipinski definition) is 2. The van der Waals surface area contributed by atoms with Crippen molar-refractivity contribution < 1.29 is 0 Å². The number of para-hydroxylation sites is 1. The van der Waals surface area contributed by atoms with Gasteiger partial charge in [-0.25, -0.2) is 4.79 Å². The number of aromatic nitrogens is 5. The summed E-state index contributed by atoms with van der Waals surface area (Å²) in [4.78, 5) is 28.0. The van der Waals surface area contributed by atoms with E-state index in [-0.39, 0.29) is 6.42 Å². The standard InChI is InChI=1S/C20H17N5O2S/c26-18-12-15(21-19(27)22-18)11-17-23-24-20(25(17)16-9-5-2-6-10-16)28-13-14-7-3-1-4-8-14/h1-10,12H,11,13H2,(H2,21,22,26,27). The number of hydrogen-bond acceptors (Lipinski definition) is 5. The van der Waals surface area contributed by atoms with Crippen LogP contribution in [0, 0.1) is 0 Å². The topological polar surface area (TPSA) is 96.4 Å². The molecule has 2 N–H and O–H groups in total. The van der Waals surface area contributed by atoms with E-state index in [1.807, 2.05) is 53.1 Å². The lowest BCUT2D eigenvalue weighted by atomic mass is 10.2. The molecule has 0 saturated heterocycles. The minimum Gasteiger partial charge on any atom is -0.311 e. The van der Waals surface area contributed by atoms with E-state index >= 15 is 0 Å². The first-order valence-electron chi connectivity index (χ1n) is 8.68. The zero-order chi connectivity index (χ0) is 19.3. The highest BCUT2D eigenvalue weighted by Crippen LogP contribution is 2.25. The Morgan fingerprint density at radius 1 is 0.893 bits per heavy atom. The summed E-state index contributed by atoms with van der Waals surface area (Å²) in [5, 5.41) is 9.41. The average Bonchev–Trinajstić information content (AvgIpc) is 3.09. The zero-order valence-corrected chi connectivity index (χ0v) is 15.6. The number of nitrogens with one attached hydrogen (secondary N) is 2. The van der Waals surface area contributed by atoms with Gasteiger partial charge in [0.25, 0.3) is 5.56 Å². The van der Waals surface area contributed by atoms with Gasteiger partial charge in [0.05, 0.1) is 0 Å². The Morgan fingerprint density at radius 2 is 1.61 bits per heavy atom. The first-order chi connectivity index (χ1) is 13.7. The van der Waals surface area contributed by atoms with Crippen molar-refractivity contribution in [1.82, 2.24) is 24.7 Å². The van der Waals surface area contributed by atoms with Crippen LogP contribution >= 0.6 is 11.8 Å². The van der Waals surface area contributed by atoms with Gasteiger partial charge in [0.2, 0.25) is 0 Å². The molecule has 0 unspecified atom stereocenters. The molecule has 0 spiro atoms. The number of thioether (sulfide) groups is 1. The van der Waals surface area contributed by atoms with Crippen LogP contribution in [-0.2, 0) is 12.2 Å². The van der Waals surface area contributed by atoms with Crippen molar-refractivity contribution >= 4 is 11.8 Å². The summed E-state index contributed by atoms with van der Waals surface area (Å²) in [7, 11) is 0. The van der Waals surface area contributed by atoms with Gasteiger partial charge in [0, 0.05) is 29.6 Å². The monoisotopic (exact) mass is 391 g/mol. The van der Waals surface area contributed by atoms with Crippen molar-refractivity contribution in [2.45, 2.75) is 17.3 Å². The molecule has 2 aromatic heterocycles. The molecule has 0 aliphatic carbocycles. The molecule has 7 nitrogen and oxygen atoms in total. The Morgan fingerprint density at radius 3 is 2.32 bits per heavy atom. The van der Waals surface area contributed by atoms with Gasteiger partial charge >= 0.3 is 5.69 Å². The lowest BCUT2D eigenvalue weighted by Gasteiger charge is -2.10. The van der Waals surface area contributed by atoms with Gasteiger partial charge in [-0.15, -0.1) is 10.2 Å². The fourth-order valence-corrected chi connectivity index (χ4v) is 3.78. The van der Waals surface area contributed by atoms with E-state index < -0.39 is 11.2 Å². The van der Waals surface area contributed by atoms with Crippen LogP contribution < -0.4 is 11.2 Å². The van der Waals surface area contributed by atoms with Gasteiger partial charge in [0.15, 0.2) is 5.16 Å². The molecule has 0 atom stereocenters. The molecular weight excluding hydrogens is 374 g/mol. The molecule has 28 heavy (non-hydrogen) atoms. The predicted molar refractivity (Wildman–Crippen MR) is 108 cm³/mol. The Hall–Kier alpha value is -3.39. The van der Waals surface area contributed by atoms with Gasteiger partial charge < -0.3 is 4.98 Å². The second-order valence-electron chi connectivity index (χ2n) is 6.13. The summed E-state index contributed by atoms with van der Waals surface area (Å²) >= 11 is 1.58. The molecular formula is C20H17N5O2S. The minimum absolute atomic E-state index is 0.285. The van der Waals surface area contributed by atoms with Gasteiger partial charge in [-0.3, -0.25) is 14.3 Å². The summed E-state index contributed by atoms with van der Waals surface area (Å²) in [6.07, 6.45) is 0.285. The highest BCUT2D eigenvalue weighted by Gasteiger charge is 2.15. The van der Waals surface area contributed by atoms with Gasteiger partial charge in [-0.05, 0) is 17.7 Å². The first-order valence-corrected chi connectivity index (χ1v) is 9.66. The maximum Gasteiger partial charge on any atom is 0.325 e. The molecule has 2 heterocycles. The number of H-pyrrole nitrogens is 2. The van der Waals surface area contributed by atoms with Crippen LogP contribution in [0.1, 0.15) is 17.1 Å². The molecule has 0 aliphatic heterocycles. The van der Waals surface area contributed by atoms with Crippen molar-refractivity contribution in [3.8, 4) is 5.69 Å². The molecule has 4 rings (SSSR count). The summed E-state index contributed by atoms with van der Waals surface area (Å²) < 4.78 is 1.95. The van der Waals surface area contributed by atoms with Crippen molar-refractivity contribution in [3.63, 3.8) is 0 Å². The zero-order valence-electron chi connectivity index (χ0n) is 14.8. The third kappa shape index (κ3) is 4.12. The Balaban J connectivity index is 1.69. The van der Waals surface area contributed by atoms with Crippen LogP contribution in [-0.4, -0.2) is 24.7 Å². The second-order valence-corrected chi connectivity index (χ2v) is 7.08. The second kappa shape index (κ2) is 8.10. The highest BCUT2D eigenvalue weighted by atomic mass is 32.2. The van der Waals surface area contributed by atoms with Gasteiger partial charge in [0.1, 0.15) is 5.82 Å². The predicted octanol–water partition coefficient (Wildman–Crippen LogP) is 2.53. The van der Waals surface area contributed by atoms with Crippen molar-refractivity contribution in [3.05, 3.63) is 105 Å². The molecule has 0 saturated carbocycles. The third-order valence-corrected chi connectivity index (χ3v) is 5.09. The van der Waals surface area contributed by atoms with Crippen LogP contribution in [0.2, 0.25) is 0 Å². The van der Waals surface area contributed by atoms with E-state index in [2.05, 4.69) is 32.3 Å². The summed E-state index contributed by atoms with van der Waals surface area (Å²) in [5.41, 5.74) is 1.62. The summed E-state index contributed by atoms with van der Waals surface area (Å²) in [6.45, 7) is 0. The molecule has 8 heteroatoms. The van der Waals surface area contributed by atoms with Crippen LogP contribution in [0.15, 0.2) is 81.5 Å². The average molecular weight is 391 g/mol. The lowest BCUT2D eigenvalue weighted by molar-refractivity contribution is 0.829. The van der Waals surface area contributed by atoms with Gasteiger partial charge in [-0.1, -0.05) is 60.3 Å². The van der Waals surface area contributed by atoms with E-state index in [4.69, 9.17) is 0 Å². The molecule has 4 aromatic rings. The molecule has 0 aliphatic rings. The van der Waals surface area contributed by atoms with E-state index in [1.165, 1.54) is 11.6 Å². The fourth-order valence-electron chi connectivity index (χ4n) is 2.85. The van der Waals surface area contributed by atoms with E-state index in [0.29, 0.717) is 11.5 Å². The molecule has 2 aromatic carbocycles. The van der Waals surface area contributed by atoms with E-state index in [0.717, 1.165) is 16.6 Å². The maximum atomic E-state index is 11.6. The smallest absolute Gasteiger partial charge is 0.311 e. The highest BCUT2D eigenvalue weighted by molar-refractivity contribution is 7.98. The number of nitrogens with zero attached hydrogens (tertiary/aromatic N) is 3. The SMILES string of the molecule is O=c1cc(Cc2nnc(SCc3ccccc3)n2-c2ccccc2)[nH]c(=O)[nH]1. The molecule has 0 fully saturated rings. The van der Waals surface area contributed by atoms with Crippen LogP contribution in [0.5, 0.6) is 0 Å². The quantitative estimate of drug-likeness (QED) is 0.493. The van der Waals surface area contributed by atoms with Crippen LogP contribution in [0.3, 0.4) is 0 Å².